The van der Waals surface area contributed by atoms with E-state index in [0.29, 0.717) is 6.61 Å². The van der Waals surface area contributed by atoms with Crippen LogP contribution in [-0.2, 0) is 19.1 Å². The molecule has 0 aromatic carbocycles. The largest absolute Gasteiger partial charge is 0.464 e. The van der Waals surface area contributed by atoms with Gasteiger partial charge in [0.05, 0.1) is 6.61 Å². The molecule has 5 nitrogen and oxygen atoms in total. The summed E-state index contributed by atoms with van der Waals surface area (Å²) in [7, 11) is 0. The molecule has 0 bridgehead atoms. The minimum Gasteiger partial charge on any atom is -0.464 e. The molecule has 0 radical (unpaired) electrons. The topological polar surface area (TPSA) is 67.9 Å². The zero-order valence-electron chi connectivity index (χ0n) is 10.1. The second kappa shape index (κ2) is 5.49. The lowest BCUT2D eigenvalue weighted by Gasteiger charge is -2.22. The van der Waals surface area contributed by atoms with Gasteiger partial charge in [0.1, 0.15) is 0 Å². The van der Waals surface area contributed by atoms with E-state index < -0.39 is 18.2 Å². The van der Waals surface area contributed by atoms with Crippen molar-refractivity contribution in [2.75, 3.05) is 6.61 Å². The summed E-state index contributed by atoms with van der Waals surface area (Å²) in [6.07, 6.45) is 4.33. The number of carbonyl (C=O) groups is 2. The molecule has 2 atom stereocenters. The first-order chi connectivity index (χ1) is 8.22. The molecule has 2 rings (SSSR count). The summed E-state index contributed by atoms with van der Waals surface area (Å²) in [5.74, 6) is -0.605. The van der Waals surface area contributed by atoms with Gasteiger partial charge in [0.15, 0.2) is 12.2 Å². The number of esters is 1. The van der Waals surface area contributed by atoms with Crippen molar-refractivity contribution in [3.05, 3.63) is 0 Å². The summed E-state index contributed by atoms with van der Waals surface area (Å²) < 4.78 is 9.84. The average molecular weight is 241 g/mol. The van der Waals surface area contributed by atoms with Crippen molar-refractivity contribution in [3.8, 4) is 0 Å². The molecule has 1 N–H and O–H groups in total. The Morgan fingerprint density at radius 2 is 1.94 bits per heavy atom. The lowest BCUT2D eigenvalue weighted by atomic mass is 9.95. The number of carbonyl (C=O) groups excluding carboxylic acids is 2. The molecular weight excluding hydrogens is 222 g/mol. The maximum Gasteiger partial charge on any atom is 0.338 e. The van der Waals surface area contributed by atoms with Crippen LogP contribution >= 0.6 is 0 Å². The number of epoxide rings is 1. The molecule has 96 valence electrons. The maximum atomic E-state index is 11.7. The second-order valence-electron chi connectivity index (χ2n) is 4.57. The van der Waals surface area contributed by atoms with Crippen LogP contribution in [0, 0.1) is 0 Å². The standard InChI is InChI=1S/C12H19NO4/c1-2-16-12(15)10-9(17-10)11(14)13-8-6-4-3-5-7-8/h8-10H,2-7H2,1H3,(H,13,14). The van der Waals surface area contributed by atoms with Crippen LogP contribution in [0.5, 0.6) is 0 Å². The Labute approximate surface area is 101 Å². The molecule has 0 spiro atoms. The van der Waals surface area contributed by atoms with Crippen LogP contribution in [0.1, 0.15) is 39.0 Å². The zero-order valence-corrected chi connectivity index (χ0v) is 10.1. The van der Waals surface area contributed by atoms with Crippen molar-refractivity contribution in [1.29, 1.82) is 0 Å². The van der Waals surface area contributed by atoms with E-state index in [0.717, 1.165) is 25.7 Å². The Morgan fingerprint density at radius 3 is 2.59 bits per heavy atom. The summed E-state index contributed by atoms with van der Waals surface area (Å²) in [6, 6.07) is 0.253. The second-order valence-corrected chi connectivity index (χ2v) is 4.57. The number of hydrogen-bond acceptors (Lipinski definition) is 4. The van der Waals surface area contributed by atoms with E-state index in [9.17, 15) is 9.59 Å². The van der Waals surface area contributed by atoms with Gasteiger partial charge in [-0.15, -0.1) is 0 Å². The van der Waals surface area contributed by atoms with Gasteiger partial charge in [0, 0.05) is 6.04 Å². The SMILES string of the molecule is CCOC(=O)C1OC1C(=O)NC1CCCCC1. The van der Waals surface area contributed by atoms with Crippen LogP contribution in [0.3, 0.4) is 0 Å². The quantitative estimate of drug-likeness (QED) is 0.583. The van der Waals surface area contributed by atoms with Crippen molar-refractivity contribution < 1.29 is 19.1 Å². The van der Waals surface area contributed by atoms with Crippen molar-refractivity contribution in [2.45, 2.75) is 57.3 Å². The smallest absolute Gasteiger partial charge is 0.338 e. The third-order valence-corrected chi connectivity index (χ3v) is 3.22. The highest BCUT2D eigenvalue weighted by Gasteiger charge is 2.51. The number of nitrogens with one attached hydrogen (secondary N) is 1. The van der Waals surface area contributed by atoms with Crippen LogP contribution in [0.25, 0.3) is 0 Å². The van der Waals surface area contributed by atoms with Crippen LogP contribution in [0.4, 0.5) is 0 Å². The molecular formula is C12H19NO4. The maximum absolute atomic E-state index is 11.7. The Morgan fingerprint density at radius 1 is 1.24 bits per heavy atom. The lowest BCUT2D eigenvalue weighted by Crippen LogP contribution is -2.39. The van der Waals surface area contributed by atoms with Gasteiger partial charge in [-0.05, 0) is 19.8 Å². The predicted octanol–water partition coefficient (Wildman–Crippen LogP) is 0.766. The molecule has 2 aliphatic rings. The summed E-state index contributed by atoms with van der Waals surface area (Å²) in [5.41, 5.74) is 0. The van der Waals surface area contributed by atoms with Crippen molar-refractivity contribution in [2.24, 2.45) is 0 Å². The first-order valence-electron chi connectivity index (χ1n) is 6.35. The molecule has 5 heteroatoms. The Kier molecular flexibility index (Phi) is 3.99. The van der Waals surface area contributed by atoms with Crippen molar-refractivity contribution in [3.63, 3.8) is 0 Å². The van der Waals surface area contributed by atoms with Gasteiger partial charge < -0.3 is 14.8 Å². The summed E-state index contributed by atoms with van der Waals surface area (Å²) in [6.45, 7) is 2.05. The highest BCUT2D eigenvalue weighted by molar-refractivity contribution is 5.92. The van der Waals surface area contributed by atoms with E-state index in [4.69, 9.17) is 9.47 Å². The molecule has 1 heterocycles. The molecule has 1 aliphatic heterocycles. The Balaban J connectivity index is 1.73. The molecule has 1 saturated carbocycles. The number of amides is 1. The molecule has 0 aromatic rings. The Bertz CT molecular complexity index is 299. The van der Waals surface area contributed by atoms with Crippen molar-refractivity contribution >= 4 is 11.9 Å². The number of ether oxygens (including phenoxy) is 2. The Hall–Kier alpha value is -1.10. The summed E-state index contributed by atoms with van der Waals surface area (Å²) in [4.78, 5) is 23.0. The van der Waals surface area contributed by atoms with Gasteiger partial charge in [-0.1, -0.05) is 19.3 Å². The van der Waals surface area contributed by atoms with E-state index in [1.54, 1.807) is 6.92 Å². The number of rotatable bonds is 4. The van der Waals surface area contributed by atoms with Crippen LogP contribution < -0.4 is 5.32 Å². The molecule has 1 aliphatic carbocycles. The zero-order chi connectivity index (χ0) is 12.3. The molecule has 2 unspecified atom stereocenters. The van der Waals surface area contributed by atoms with Gasteiger partial charge in [0.2, 0.25) is 0 Å². The van der Waals surface area contributed by atoms with Gasteiger partial charge in [0.25, 0.3) is 5.91 Å². The van der Waals surface area contributed by atoms with E-state index in [1.807, 2.05) is 0 Å². The fraction of sp³-hybridized carbons (Fsp3) is 0.833. The highest BCUT2D eigenvalue weighted by atomic mass is 16.6. The van der Waals surface area contributed by atoms with E-state index in [2.05, 4.69) is 5.32 Å². The molecule has 1 amide bonds. The molecule has 1 saturated heterocycles. The van der Waals surface area contributed by atoms with E-state index >= 15 is 0 Å². The first kappa shape index (κ1) is 12.4. The number of hydrogen-bond donors (Lipinski definition) is 1. The monoisotopic (exact) mass is 241 g/mol. The molecule has 0 aromatic heterocycles. The summed E-state index contributed by atoms with van der Waals surface area (Å²) >= 11 is 0. The van der Waals surface area contributed by atoms with Gasteiger partial charge >= 0.3 is 5.97 Å². The van der Waals surface area contributed by atoms with Gasteiger partial charge in [-0.2, -0.15) is 0 Å². The first-order valence-corrected chi connectivity index (χ1v) is 6.35. The van der Waals surface area contributed by atoms with Crippen LogP contribution in [-0.4, -0.2) is 36.7 Å². The van der Waals surface area contributed by atoms with Crippen LogP contribution in [0.2, 0.25) is 0 Å². The van der Waals surface area contributed by atoms with Crippen molar-refractivity contribution in [1.82, 2.24) is 5.32 Å². The predicted molar refractivity (Wildman–Crippen MR) is 60.3 cm³/mol. The fourth-order valence-corrected chi connectivity index (χ4v) is 2.25. The van der Waals surface area contributed by atoms with Gasteiger partial charge in [-0.3, -0.25) is 4.79 Å². The molecule has 17 heavy (non-hydrogen) atoms. The highest BCUT2D eigenvalue weighted by Crippen LogP contribution is 2.25. The third-order valence-electron chi connectivity index (χ3n) is 3.22. The van der Waals surface area contributed by atoms with E-state index in [1.165, 1.54) is 6.42 Å². The fourth-order valence-electron chi connectivity index (χ4n) is 2.25. The summed E-state index contributed by atoms with van der Waals surface area (Å²) in [5, 5.41) is 2.94. The lowest BCUT2D eigenvalue weighted by molar-refractivity contribution is -0.144. The molecule has 2 fully saturated rings. The minimum absolute atomic E-state index is 0.171. The van der Waals surface area contributed by atoms with Gasteiger partial charge in [-0.25, -0.2) is 4.79 Å². The normalized spacial score (nSPS) is 28.5. The minimum atomic E-state index is -0.682. The average Bonchev–Trinajstić information content (AvgIpc) is 3.10. The van der Waals surface area contributed by atoms with Crippen LogP contribution in [0.15, 0.2) is 0 Å². The van der Waals surface area contributed by atoms with E-state index in [-0.39, 0.29) is 11.9 Å². The third kappa shape index (κ3) is 3.19.